The van der Waals surface area contributed by atoms with Crippen molar-refractivity contribution in [1.82, 2.24) is 9.88 Å². The molecule has 2 N–H and O–H groups in total. The van der Waals surface area contributed by atoms with E-state index < -0.39 is 6.04 Å². The summed E-state index contributed by atoms with van der Waals surface area (Å²) in [7, 11) is 0. The number of rotatable bonds is 4. The number of nitrogens with one attached hydrogen (secondary N) is 2. The first kappa shape index (κ1) is 17.6. The van der Waals surface area contributed by atoms with Gasteiger partial charge in [0.1, 0.15) is 6.04 Å². The van der Waals surface area contributed by atoms with Gasteiger partial charge in [-0.1, -0.05) is 35.9 Å². The van der Waals surface area contributed by atoms with Crippen LogP contribution in [0.2, 0.25) is 5.02 Å². The van der Waals surface area contributed by atoms with Crippen LogP contribution in [0, 0.1) is 6.92 Å². The second kappa shape index (κ2) is 7.08. The van der Waals surface area contributed by atoms with Gasteiger partial charge in [0.15, 0.2) is 0 Å². The third-order valence-electron chi connectivity index (χ3n) is 5.17. The molecule has 1 aromatic heterocycles. The minimum atomic E-state index is -0.482. The Bertz CT molecular complexity index is 1030. The van der Waals surface area contributed by atoms with E-state index in [0.717, 1.165) is 22.0 Å². The number of fused-ring (bicyclic) bond motifs is 1. The van der Waals surface area contributed by atoms with Crippen LogP contribution in [0.5, 0.6) is 0 Å². The molecule has 0 saturated carbocycles. The molecule has 1 aliphatic rings. The summed E-state index contributed by atoms with van der Waals surface area (Å²) in [6, 6.07) is 12.9. The van der Waals surface area contributed by atoms with Crippen molar-refractivity contribution in [2.75, 3.05) is 5.32 Å². The summed E-state index contributed by atoms with van der Waals surface area (Å²) in [5.74, 6) is -0.172. The smallest absolute Gasteiger partial charge is 0.247 e. The van der Waals surface area contributed by atoms with Crippen molar-refractivity contribution < 1.29 is 9.59 Å². The molecular formula is C21H20ClN3O2. The number of likely N-dealkylation sites (tertiary alicyclic amines) is 1. The van der Waals surface area contributed by atoms with Gasteiger partial charge in [-0.3, -0.25) is 9.59 Å². The Morgan fingerprint density at radius 3 is 2.93 bits per heavy atom. The summed E-state index contributed by atoms with van der Waals surface area (Å²) in [5.41, 5.74) is 3.53. The summed E-state index contributed by atoms with van der Waals surface area (Å²) in [4.78, 5) is 30.2. The Kier molecular flexibility index (Phi) is 4.62. The molecule has 1 fully saturated rings. The van der Waals surface area contributed by atoms with Crippen LogP contribution in [0.1, 0.15) is 24.0 Å². The number of para-hydroxylation sites is 1. The number of H-pyrrole nitrogens is 1. The van der Waals surface area contributed by atoms with Crippen molar-refractivity contribution in [3.63, 3.8) is 0 Å². The van der Waals surface area contributed by atoms with Gasteiger partial charge in [0.2, 0.25) is 11.8 Å². The molecule has 138 valence electrons. The summed E-state index contributed by atoms with van der Waals surface area (Å²) in [6.45, 7) is 2.27. The summed E-state index contributed by atoms with van der Waals surface area (Å²) in [6.07, 6.45) is 2.81. The van der Waals surface area contributed by atoms with Crippen molar-refractivity contribution in [1.29, 1.82) is 0 Å². The van der Waals surface area contributed by atoms with Crippen LogP contribution in [0.15, 0.2) is 48.7 Å². The minimum Gasteiger partial charge on any atom is -0.361 e. The van der Waals surface area contributed by atoms with E-state index in [-0.39, 0.29) is 11.8 Å². The lowest BCUT2D eigenvalue weighted by atomic mass is 10.1. The molecule has 1 saturated heterocycles. The molecule has 4 rings (SSSR count). The first-order valence-electron chi connectivity index (χ1n) is 8.95. The van der Waals surface area contributed by atoms with Gasteiger partial charge in [-0.05, 0) is 42.7 Å². The number of hydrogen-bond acceptors (Lipinski definition) is 2. The van der Waals surface area contributed by atoms with E-state index in [2.05, 4.69) is 10.3 Å². The largest absolute Gasteiger partial charge is 0.361 e. The molecule has 6 heteroatoms. The monoisotopic (exact) mass is 381 g/mol. The number of anilines is 1. The standard InChI is InChI=1S/C21H20ClN3O2/c1-13-16(22)6-4-8-17(13)24-21(27)19-9-10-20(26)25(19)12-14-11-23-18-7-3-2-5-15(14)18/h2-8,11,19,23H,9-10,12H2,1H3,(H,24,27). The zero-order valence-corrected chi connectivity index (χ0v) is 15.7. The SMILES string of the molecule is Cc1c(Cl)cccc1NC(=O)C1CCC(=O)N1Cc1c[nH]c2ccccc12. The quantitative estimate of drug-likeness (QED) is 0.709. The fourth-order valence-corrected chi connectivity index (χ4v) is 3.78. The van der Waals surface area contributed by atoms with Crippen LogP contribution < -0.4 is 5.32 Å². The topological polar surface area (TPSA) is 65.2 Å². The molecule has 1 unspecified atom stereocenters. The van der Waals surface area contributed by atoms with Crippen molar-refractivity contribution >= 4 is 40.0 Å². The molecule has 0 radical (unpaired) electrons. The number of carbonyl (C=O) groups is 2. The fraction of sp³-hybridized carbons (Fsp3) is 0.238. The summed E-state index contributed by atoms with van der Waals surface area (Å²) >= 11 is 6.14. The lowest BCUT2D eigenvalue weighted by Gasteiger charge is -2.24. The molecule has 27 heavy (non-hydrogen) atoms. The molecule has 3 aromatic rings. The molecule has 2 amide bonds. The third kappa shape index (κ3) is 3.30. The Labute approximate surface area is 162 Å². The summed E-state index contributed by atoms with van der Waals surface area (Å²) in [5, 5.41) is 4.61. The van der Waals surface area contributed by atoms with E-state index in [1.54, 1.807) is 17.0 Å². The van der Waals surface area contributed by atoms with Gasteiger partial charge in [-0.2, -0.15) is 0 Å². The zero-order chi connectivity index (χ0) is 19.0. The van der Waals surface area contributed by atoms with Gasteiger partial charge in [-0.25, -0.2) is 0 Å². The van der Waals surface area contributed by atoms with Gasteiger partial charge in [-0.15, -0.1) is 0 Å². The number of aromatic amines is 1. The molecule has 0 aliphatic carbocycles. The van der Waals surface area contributed by atoms with Crippen LogP contribution >= 0.6 is 11.6 Å². The average Bonchev–Trinajstić information content (AvgIpc) is 3.24. The molecule has 5 nitrogen and oxygen atoms in total. The maximum Gasteiger partial charge on any atom is 0.247 e. The van der Waals surface area contributed by atoms with Crippen LogP contribution in [0.3, 0.4) is 0 Å². The van der Waals surface area contributed by atoms with Gasteiger partial charge >= 0.3 is 0 Å². The lowest BCUT2D eigenvalue weighted by Crippen LogP contribution is -2.41. The number of hydrogen-bond donors (Lipinski definition) is 2. The first-order chi connectivity index (χ1) is 13.0. The molecule has 1 atom stereocenters. The second-order valence-corrected chi connectivity index (χ2v) is 7.24. The highest BCUT2D eigenvalue weighted by atomic mass is 35.5. The van der Waals surface area contributed by atoms with Crippen LogP contribution in [0.25, 0.3) is 10.9 Å². The Morgan fingerprint density at radius 1 is 1.26 bits per heavy atom. The predicted molar refractivity (Wildman–Crippen MR) is 107 cm³/mol. The average molecular weight is 382 g/mol. The number of aromatic nitrogens is 1. The van der Waals surface area contributed by atoms with E-state index >= 15 is 0 Å². The molecule has 2 heterocycles. The maximum atomic E-state index is 12.9. The number of benzene rings is 2. The van der Waals surface area contributed by atoms with E-state index in [1.807, 2.05) is 43.5 Å². The highest BCUT2D eigenvalue weighted by Crippen LogP contribution is 2.28. The van der Waals surface area contributed by atoms with Crippen molar-refractivity contribution in [3.05, 3.63) is 64.8 Å². The number of nitrogens with zero attached hydrogens (tertiary/aromatic N) is 1. The van der Waals surface area contributed by atoms with Crippen molar-refractivity contribution in [2.45, 2.75) is 32.4 Å². The van der Waals surface area contributed by atoms with Crippen molar-refractivity contribution in [3.8, 4) is 0 Å². The number of amides is 2. The van der Waals surface area contributed by atoms with Crippen molar-refractivity contribution in [2.24, 2.45) is 0 Å². The van der Waals surface area contributed by atoms with E-state index in [4.69, 9.17) is 11.6 Å². The molecule has 0 spiro atoms. The normalized spacial score (nSPS) is 16.9. The van der Waals surface area contributed by atoms with E-state index in [1.165, 1.54) is 0 Å². The fourth-order valence-electron chi connectivity index (χ4n) is 3.61. The summed E-state index contributed by atoms with van der Waals surface area (Å²) < 4.78 is 0. The van der Waals surface area contributed by atoms with E-state index in [9.17, 15) is 9.59 Å². The van der Waals surface area contributed by atoms with Crippen LogP contribution in [-0.2, 0) is 16.1 Å². The second-order valence-electron chi connectivity index (χ2n) is 6.84. The van der Waals surface area contributed by atoms with Gasteiger partial charge in [0.05, 0.1) is 0 Å². The lowest BCUT2D eigenvalue weighted by molar-refractivity contribution is -0.133. The van der Waals surface area contributed by atoms with E-state index in [0.29, 0.717) is 30.1 Å². The number of carbonyl (C=O) groups excluding carboxylic acids is 2. The van der Waals surface area contributed by atoms with Gasteiger partial charge in [0.25, 0.3) is 0 Å². The highest BCUT2D eigenvalue weighted by molar-refractivity contribution is 6.31. The molecular weight excluding hydrogens is 362 g/mol. The Morgan fingerprint density at radius 2 is 2.07 bits per heavy atom. The Balaban J connectivity index is 1.56. The van der Waals surface area contributed by atoms with Gasteiger partial charge < -0.3 is 15.2 Å². The maximum absolute atomic E-state index is 12.9. The number of halogens is 1. The predicted octanol–water partition coefficient (Wildman–Crippen LogP) is 4.26. The van der Waals surface area contributed by atoms with Crippen LogP contribution in [-0.4, -0.2) is 27.7 Å². The molecule has 2 aromatic carbocycles. The van der Waals surface area contributed by atoms with Crippen LogP contribution in [0.4, 0.5) is 5.69 Å². The molecule has 0 bridgehead atoms. The Hall–Kier alpha value is -2.79. The zero-order valence-electron chi connectivity index (χ0n) is 15.0. The molecule has 1 aliphatic heterocycles. The third-order valence-corrected chi connectivity index (χ3v) is 5.58. The first-order valence-corrected chi connectivity index (χ1v) is 9.33. The highest BCUT2D eigenvalue weighted by Gasteiger charge is 2.36. The van der Waals surface area contributed by atoms with Gasteiger partial charge in [0, 0.05) is 40.8 Å². The minimum absolute atomic E-state index is 0.00301.